The summed E-state index contributed by atoms with van der Waals surface area (Å²) in [5.41, 5.74) is 0.936. The number of esters is 2. The van der Waals surface area contributed by atoms with E-state index in [9.17, 15) is 9.59 Å². The molecule has 0 bridgehead atoms. The van der Waals surface area contributed by atoms with Gasteiger partial charge in [-0.25, -0.2) is 0 Å². The Labute approximate surface area is 118 Å². The maximum absolute atomic E-state index is 12.2. The lowest BCUT2D eigenvalue weighted by Crippen LogP contribution is -2.51. The third kappa shape index (κ3) is 2.55. The third-order valence-corrected chi connectivity index (χ3v) is 4.04. The van der Waals surface area contributed by atoms with Crippen molar-refractivity contribution in [3.63, 3.8) is 0 Å². The van der Waals surface area contributed by atoms with Crippen LogP contribution in [-0.2, 0) is 25.5 Å². The van der Waals surface area contributed by atoms with Crippen LogP contribution < -0.4 is 0 Å². The molecule has 2 aliphatic rings. The summed E-state index contributed by atoms with van der Waals surface area (Å²) in [5, 5.41) is 0. The highest BCUT2D eigenvalue weighted by atomic mass is 16.7. The average Bonchev–Trinajstić information content (AvgIpc) is 2.45. The summed E-state index contributed by atoms with van der Waals surface area (Å²) < 4.78 is 11.0. The zero-order valence-electron chi connectivity index (χ0n) is 11.3. The fourth-order valence-corrected chi connectivity index (χ4v) is 2.94. The molecular formula is C16H18O4. The van der Waals surface area contributed by atoms with Crippen molar-refractivity contribution in [1.29, 1.82) is 0 Å². The van der Waals surface area contributed by atoms with Gasteiger partial charge in [-0.15, -0.1) is 0 Å². The van der Waals surface area contributed by atoms with Crippen LogP contribution in [0.2, 0.25) is 0 Å². The van der Waals surface area contributed by atoms with E-state index in [0.717, 1.165) is 24.8 Å². The molecule has 3 rings (SSSR count). The minimum Gasteiger partial charge on any atom is -0.422 e. The molecule has 1 heterocycles. The molecule has 2 fully saturated rings. The Bertz CT molecular complexity index is 482. The molecule has 1 aromatic rings. The largest absolute Gasteiger partial charge is 0.422 e. The molecule has 0 atom stereocenters. The normalized spacial score (nSPS) is 22.4. The molecule has 106 valence electrons. The summed E-state index contributed by atoms with van der Waals surface area (Å²) in [6, 6.07) is 9.46. The number of carbonyl (C=O) groups excluding carboxylic acids is 2. The Morgan fingerprint density at radius 2 is 1.55 bits per heavy atom. The summed E-state index contributed by atoms with van der Waals surface area (Å²) in [7, 11) is 0. The summed E-state index contributed by atoms with van der Waals surface area (Å²) in [6.45, 7) is 0. The molecule has 20 heavy (non-hydrogen) atoms. The fourth-order valence-electron chi connectivity index (χ4n) is 2.94. The van der Waals surface area contributed by atoms with Crippen molar-refractivity contribution in [3.05, 3.63) is 35.9 Å². The molecule has 4 nitrogen and oxygen atoms in total. The van der Waals surface area contributed by atoms with Crippen LogP contribution in [0, 0.1) is 5.92 Å². The van der Waals surface area contributed by atoms with Gasteiger partial charge in [0.25, 0.3) is 5.79 Å². The molecule has 0 unspecified atom stereocenters. The van der Waals surface area contributed by atoms with E-state index in [1.807, 2.05) is 30.3 Å². The molecule has 1 saturated carbocycles. The second-order valence-electron chi connectivity index (χ2n) is 5.56. The van der Waals surface area contributed by atoms with Crippen LogP contribution >= 0.6 is 0 Å². The van der Waals surface area contributed by atoms with Crippen molar-refractivity contribution < 1.29 is 19.1 Å². The van der Waals surface area contributed by atoms with Crippen molar-refractivity contribution in [1.82, 2.24) is 0 Å². The van der Waals surface area contributed by atoms with Crippen LogP contribution in [0.5, 0.6) is 0 Å². The Morgan fingerprint density at radius 1 is 0.950 bits per heavy atom. The SMILES string of the molecule is O=C1OC2(CCCCC2)OC(=O)C1Cc1ccccc1. The first-order chi connectivity index (χ1) is 9.69. The van der Waals surface area contributed by atoms with E-state index in [1.54, 1.807) is 0 Å². The molecule has 1 aliphatic heterocycles. The van der Waals surface area contributed by atoms with Crippen LogP contribution in [0.25, 0.3) is 0 Å². The zero-order valence-corrected chi connectivity index (χ0v) is 11.3. The van der Waals surface area contributed by atoms with Crippen molar-refractivity contribution in [2.24, 2.45) is 5.92 Å². The van der Waals surface area contributed by atoms with Crippen LogP contribution in [0.3, 0.4) is 0 Å². The molecule has 0 N–H and O–H groups in total. The van der Waals surface area contributed by atoms with E-state index in [-0.39, 0.29) is 0 Å². The van der Waals surface area contributed by atoms with Crippen molar-refractivity contribution in [3.8, 4) is 0 Å². The molecule has 1 saturated heterocycles. The lowest BCUT2D eigenvalue weighted by Gasteiger charge is -2.40. The first-order valence-electron chi connectivity index (χ1n) is 7.18. The summed E-state index contributed by atoms with van der Waals surface area (Å²) >= 11 is 0. The smallest absolute Gasteiger partial charge is 0.323 e. The van der Waals surface area contributed by atoms with Gasteiger partial charge in [-0.2, -0.15) is 0 Å². The lowest BCUT2D eigenvalue weighted by molar-refractivity contribution is -0.260. The Kier molecular flexibility index (Phi) is 3.47. The first kappa shape index (κ1) is 13.2. The summed E-state index contributed by atoms with van der Waals surface area (Å²) in [4.78, 5) is 24.3. The standard InChI is InChI=1S/C16H18O4/c17-14-13(11-12-7-3-1-4-8-12)15(18)20-16(19-14)9-5-2-6-10-16/h1,3-4,7-8,13H,2,5-6,9-11H2. The van der Waals surface area contributed by atoms with Crippen molar-refractivity contribution in [2.75, 3.05) is 0 Å². The van der Waals surface area contributed by atoms with Gasteiger partial charge in [-0.3, -0.25) is 9.59 Å². The van der Waals surface area contributed by atoms with Crippen LogP contribution in [0.4, 0.5) is 0 Å². The van der Waals surface area contributed by atoms with E-state index in [0.29, 0.717) is 19.3 Å². The van der Waals surface area contributed by atoms with Crippen LogP contribution in [-0.4, -0.2) is 17.7 Å². The van der Waals surface area contributed by atoms with Gasteiger partial charge >= 0.3 is 11.9 Å². The van der Waals surface area contributed by atoms with Crippen LogP contribution in [0.15, 0.2) is 30.3 Å². The van der Waals surface area contributed by atoms with Gasteiger partial charge in [0, 0.05) is 12.8 Å². The van der Waals surface area contributed by atoms with Gasteiger partial charge in [0.1, 0.15) is 0 Å². The highest BCUT2D eigenvalue weighted by Crippen LogP contribution is 2.37. The summed E-state index contributed by atoms with van der Waals surface area (Å²) in [6.07, 6.45) is 4.57. The quantitative estimate of drug-likeness (QED) is 0.614. The first-order valence-corrected chi connectivity index (χ1v) is 7.18. The Balaban J connectivity index is 1.72. The number of rotatable bonds is 2. The van der Waals surface area contributed by atoms with Crippen molar-refractivity contribution >= 4 is 11.9 Å². The summed E-state index contributed by atoms with van der Waals surface area (Å²) in [5.74, 6) is -2.68. The number of hydrogen-bond donors (Lipinski definition) is 0. The molecule has 4 heteroatoms. The predicted molar refractivity (Wildman–Crippen MR) is 71.6 cm³/mol. The number of benzene rings is 1. The van der Waals surface area contributed by atoms with Gasteiger partial charge < -0.3 is 9.47 Å². The number of ether oxygens (including phenoxy) is 2. The van der Waals surface area contributed by atoms with Gasteiger partial charge in [-0.05, 0) is 24.8 Å². The predicted octanol–water partition coefficient (Wildman–Crippen LogP) is 2.61. The highest BCUT2D eigenvalue weighted by Gasteiger charge is 2.49. The highest BCUT2D eigenvalue weighted by molar-refractivity contribution is 5.97. The second-order valence-corrected chi connectivity index (χ2v) is 5.56. The molecular weight excluding hydrogens is 256 g/mol. The third-order valence-electron chi connectivity index (χ3n) is 4.04. The van der Waals surface area contributed by atoms with E-state index in [1.165, 1.54) is 0 Å². The Morgan fingerprint density at radius 3 is 2.15 bits per heavy atom. The zero-order chi connectivity index (χ0) is 14.0. The van der Waals surface area contributed by atoms with E-state index >= 15 is 0 Å². The van der Waals surface area contributed by atoms with E-state index in [2.05, 4.69) is 0 Å². The Hall–Kier alpha value is -1.84. The van der Waals surface area contributed by atoms with Crippen LogP contribution in [0.1, 0.15) is 37.7 Å². The maximum atomic E-state index is 12.2. The fraction of sp³-hybridized carbons (Fsp3) is 0.500. The lowest BCUT2D eigenvalue weighted by atomic mass is 9.91. The monoisotopic (exact) mass is 274 g/mol. The molecule has 1 spiro atoms. The average molecular weight is 274 g/mol. The molecule has 0 radical (unpaired) electrons. The van der Waals surface area contributed by atoms with E-state index in [4.69, 9.17) is 9.47 Å². The molecule has 0 aromatic heterocycles. The molecule has 1 aromatic carbocycles. The van der Waals surface area contributed by atoms with E-state index < -0.39 is 23.6 Å². The minimum absolute atomic E-state index is 0.342. The van der Waals surface area contributed by atoms with Gasteiger partial charge in [-0.1, -0.05) is 36.8 Å². The maximum Gasteiger partial charge on any atom is 0.323 e. The number of carbonyl (C=O) groups is 2. The molecule has 0 amide bonds. The topological polar surface area (TPSA) is 52.6 Å². The minimum atomic E-state index is -0.973. The van der Waals surface area contributed by atoms with Gasteiger partial charge in [0.2, 0.25) is 0 Å². The van der Waals surface area contributed by atoms with Crippen molar-refractivity contribution in [2.45, 2.75) is 44.3 Å². The molecule has 1 aliphatic carbocycles. The second kappa shape index (κ2) is 5.27. The van der Waals surface area contributed by atoms with Gasteiger partial charge in [0.15, 0.2) is 5.92 Å². The number of hydrogen-bond acceptors (Lipinski definition) is 4. The van der Waals surface area contributed by atoms with Gasteiger partial charge in [0.05, 0.1) is 0 Å².